The molecule has 1 N–H and O–H groups in total. The third-order valence-electron chi connectivity index (χ3n) is 7.25. The Morgan fingerprint density at radius 3 is 2.20 bits per heavy atom. The van der Waals surface area contributed by atoms with Crippen LogP contribution < -0.4 is 4.74 Å². The Morgan fingerprint density at radius 2 is 1.56 bits per heavy atom. The van der Waals surface area contributed by atoms with Crippen molar-refractivity contribution >= 4 is 10.9 Å². The van der Waals surface area contributed by atoms with Gasteiger partial charge in [0.1, 0.15) is 29.9 Å². The quantitative estimate of drug-likeness (QED) is 0.203. The minimum atomic E-state index is -5.99. The summed E-state index contributed by atoms with van der Waals surface area (Å²) < 4.78 is 94.4. The number of aryl methyl sites for hydroxylation is 1. The predicted octanol–water partition coefficient (Wildman–Crippen LogP) is 7.64. The zero-order valence-corrected chi connectivity index (χ0v) is 21.8. The Hall–Kier alpha value is -4.25. The molecule has 1 unspecified atom stereocenters. The van der Waals surface area contributed by atoms with Crippen LogP contribution in [0, 0.1) is 6.92 Å². The van der Waals surface area contributed by atoms with Crippen molar-refractivity contribution in [3.63, 3.8) is 0 Å². The molecule has 0 bridgehead atoms. The van der Waals surface area contributed by atoms with Gasteiger partial charge < -0.3 is 18.8 Å². The van der Waals surface area contributed by atoms with Crippen molar-refractivity contribution in [3.05, 3.63) is 120 Å². The summed E-state index contributed by atoms with van der Waals surface area (Å²) in [5.41, 5.74) is -4.60. The Balaban J connectivity index is 1.64. The van der Waals surface area contributed by atoms with Gasteiger partial charge in [-0.15, -0.1) is 0 Å². The molecular weight excluding hydrogens is 550 g/mol. The molecule has 0 saturated carbocycles. The van der Waals surface area contributed by atoms with E-state index in [0.29, 0.717) is 47.0 Å². The maximum Gasteiger partial charge on any atom is 0.430 e. The normalized spacial score (nSPS) is 14.3. The molecular formula is C30H24F6N2O3. The van der Waals surface area contributed by atoms with Gasteiger partial charge in [-0.05, 0) is 55.3 Å². The van der Waals surface area contributed by atoms with E-state index in [4.69, 9.17) is 9.15 Å². The average Bonchev–Trinajstić information content (AvgIpc) is 3.58. The SMILES string of the molecule is Cc1cc2cc(C(O)(C(F)(F)F)C(F)(F)F)ccc2n1C(C)(c1cccc(OCc2ccccc2)c1)c1cocn1. The number of ether oxygens (including phenoxy) is 1. The molecule has 5 nitrogen and oxygen atoms in total. The van der Waals surface area contributed by atoms with Crippen molar-refractivity contribution < 1.29 is 40.6 Å². The number of hydrogen-bond acceptors (Lipinski definition) is 4. The van der Waals surface area contributed by atoms with E-state index in [1.54, 1.807) is 29.7 Å². The van der Waals surface area contributed by atoms with Crippen molar-refractivity contribution in [2.75, 3.05) is 0 Å². The summed E-state index contributed by atoms with van der Waals surface area (Å²) in [7, 11) is 0. The number of fused-ring (bicyclic) bond motifs is 1. The number of halogens is 6. The fraction of sp³-hybridized carbons (Fsp3) is 0.233. The van der Waals surface area contributed by atoms with Crippen molar-refractivity contribution in [2.24, 2.45) is 0 Å². The van der Waals surface area contributed by atoms with Gasteiger partial charge in [0, 0.05) is 22.2 Å². The van der Waals surface area contributed by atoms with Crippen LogP contribution in [0.15, 0.2) is 95.9 Å². The maximum absolute atomic E-state index is 13.6. The number of benzene rings is 3. The lowest BCUT2D eigenvalue weighted by Gasteiger charge is -2.34. The minimum Gasteiger partial charge on any atom is -0.489 e. The van der Waals surface area contributed by atoms with Crippen LogP contribution in [-0.2, 0) is 17.7 Å². The van der Waals surface area contributed by atoms with Crippen LogP contribution in [0.5, 0.6) is 5.75 Å². The molecule has 0 fully saturated rings. The number of hydrogen-bond donors (Lipinski definition) is 1. The molecule has 5 aromatic rings. The lowest BCUT2D eigenvalue weighted by Crippen LogP contribution is -2.53. The first-order valence-electron chi connectivity index (χ1n) is 12.4. The molecule has 3 aromatic carbocycles. The molecule has 2 aromatic heterocycles. The second-order valence-electron chi connectivity index (χ2n) is 9.85. The molecule has 41 heavy (non-hydrogen) atoms. The highest BCUT2D eigenvalue weighted by Crippen LogP contribution is 2.51. The van der Waals surface area contributed by atoms with E-state index in [0.717, 1.165) is 11.6 Å². The molecule has 5 rings (SSSR count). The number of aliphatic hydroxyl groups is 1. The van der Waals surface area contributed by atoms with Crippen LogP contribution in [0.25, 0.3) is 10.9 Å². The van der Waals surface area contributed by atoms with Crippen LogP contribution in [0.4, 0.5) is 26.3 Å². The predicted molar refractivity (Wildman–Crippen MR) is 138 cm³/mol. The van der Waals surface area contributed by atoms with Gasteiger partial charge in [0.25, 0.3) is 5.60 Å². The molecule has 11 heteroatoms. The van der Waals surface area contributed by atoms with E-state index < -0.39 is 29.1 Å². The average molecular weight is 575 g/mol. The summed E-state index contributed by atoms with van der Waals surface area (Å²) in [6.45, 7) is 3.79. The highest BCUT2D eigenvalue weighted by Gasteiger charge is 2.71. The Kier molecular flexibility index (Phi) is 6.89. The summed E-state index contributed by atoms with van der Waals surface area (Å²) >= 11 is 0. The van der Waals surface area contributed by atoms with Gasteiger partial charge in [0.2, 0.25) is 0 Å². The standard InChI is InChI=1S/C30H24F6N2O3/c1-19-13-21-14-23(28(39,29(31,32)33)30(34,35)36)11-12-25(21)38(19)27(2,26-17-40-18-37-26)22-9-6-10-24(15-22)41-16-20-7-4-3-5-8-20/h3-15,17-18,39H,16H2,1-2H3. The summed E-state index contributed by atoms with van der Waals surface area (Å²) in [6.07, 6.45) is -9.34. The largest absolute Gasteiger partial charge is 0.489 e. The summed E-state index contributed by atoms with van der Waals surface area (Å²) in [6, 6.07) is 20.6. The van der Waals surface area contributed by atoms with Crippen LogP contribution in [0.3, 0.4) is 0 Å². The number of rotatable bonds is 7. The second-order valence-corrected chi connectivity index (χ2v) is 9.85. The summed E-state index contributed by atoms with van der Waals surface area (Å²) in [5, 5.41) is 10.0. The summed E-state index contributed by atoms with van der Waals surface area (Å²) in [4.78, 5) is 4.35. The molecule has 0 radical (unpaired) electrons. The molecule has 0 saturated heterocycles. The van der Waals surface area contributed by atoms with E-state index >= 15 is 0 Å². The van der Waals surface area contributed by atoms with E-state index in [9.17, 15) is 31.4 Å². The third-order valence-corrected chi connectivity index (χ3v) is 7.25. The molecule has 0 spiro atoms. The lowest BCUT2D eigenvalue weighted by molar-refractivity contribution is -0.376. The van der Waals surface area contributed by atoms with E-state index in [1.807, 2.05) is 43.3 Å². The van der Waals surface area contributed by atoms with Gasteiger partial charge in [0.15, 0.2) is 6.39 Å². The number of alkyl halides is 6. The third kappa shape index (κ3) is 4.73. The van der Waals surface area contributed by atoms with Crippen molar-refractivity contribution in [1.29, 1.82) is 0 Å². The van der Waals surface area contributed by atoms with Gasteiger partial charge in [0.05, 0.1) is 0 Å². The molecule has 0 aliphatic rings. The Bertz CT molecular complexity index is 1650. The van der Waals surface area contributed by atoms with Gasteiger partial charge in [-0.25, -0.2) is 4.98 Å². The van der Waals surface area contributed by atoms with Gasteiger partial charge >= 0.3 is 12.4 Å². The number of oxazole rings is 1. The first kappa shape index (κ1) is 28.3. The molecule has 0 amide bonds. The zero-order chi connectivity index (χ0) is 29.6. The van der Waals surface area contributed by atoms with Crippen LogP contribution >= 0.6 is 0 Å². The van der Waals surface area contributed by atoms with Crippen molar-refractivity contribution in [3.8, 4) is 5.75 Å². The molecule has 0 aliphatic carbocycles. The Labute approximate surface area is 230 Å². The maximum atomic E-state index is 13.6. The smallest absolute Gasteiger partial charge is 0.430 e. The summed E-state index contributed by atoms with van der Waals surface area (Å²) in [5.74, 6) is 0.540. The van der Waals surface area contributed by atoms with Crippen molar-refractivity contribution in [1.82, 2.24) is 9.55 Å². The highest BCUT2D eigenvalue weighted by molar-refractivity contribution is 5.83. The second kappa shape index (κ2) is 9.99. The minimum absolute atomic E-state index is 0.0677. The number of nitrogens with zero attached hydrogens (tertiary/aromatic N) is 2. The fourth-order valence-corrected chi connectivity index (χ4v) is 5.13. The van der Waals surface area contributed by atoms with E-state index in [-0.39, 0.29) is 5.39 Å². The first-order chi connectivity index (χ1) is 19.3. The lowest BCUT2D eigenvalue weighted by atomic mass is 9.87. The van der Waals surface area contributed by atoms with Gasteiger partial charge in [-0.1, -0.05) is 48.5 Å². The van der Waals surface area contributed by atoms with Gasteiger partial charge in [-0.2, -0.15) is 26.3 Å². The van der Waals surface area contributed by atoms with Crippen LogP contribution in [0.2, 0.25) is 0 Å². The molecule has 0 aliphatic heterocycles. The molecule has 1 atom stereocenters. The van der Waals surface area contributed by atoms with Crippen molar-refractivity contribution in [2.45, 2.75) is 43.9 Å². The van der Waals surface area contributed by atoms with Gasteiger partial charge in [-0.3, -0.25) is 0 Å². The van der Waals surface area contributed by atoms with E-state index in [1.165, 1.54) is 18.7 Å². The molecule has 214 valence electrons. The first-order valence-corrected chi connectivity index (χ1v) is 12.4. The Morgan fingerprint density at radius 1 is 0.854 bits per heavy atom. The zero-order valence-electron chi connectivity index (χ0n) is 21.8. The number of aromatic nitrogens is 2. The van der Waals surface area contributed by atoms with E-state index in [2.05, 4.69) is 4.98 Å². The molecule has 2 heterocycles. The monoisotopic (exact) mass is 574 g/mol. The fourth-order valence-electron chi connectivity index (χ4n) is 5.13. The highest BCUT2D eigenvalue weighted by atomic mass is 19.4. The van der Waals surface area contributed by atoms with Crippen LogP contribution in [-0.4, -0.2) is 27.0 Å². The topological polar surface area (TPSA) is 60.4 Å². The van der Waals surface area contributed by atoms with Crippen LogP contribution in [0.1, 0.15) is 35.0 Å².